The number of hydrogen-bond donors (Lipinski definition) is 1. The van der Waals surface area contributed by atoms with Gasteiger partial charge in [0, 0.05) is 18.9 Å². The van der Waals surface area contributed by atoms with Gasteiger partial charge in [-0.25, -0.2) is 0 Å². The Kier molecular flexibility index (Phi) is 3.51. The van der Waals surface area contributed by atoms with Crippen LogP contribution < -0.4 is 10.9 Å². The maximum Gasteiger partial charge on any atom is 0.263 e. The standard InChI is InChI=1S/C15H16N2O2/c1-10-6-4-8-13(11(10)2)16-14(18)12-7-5-9-17(3)15(12)19/h4-9H,1-3H3,(H,16,18). The highest BCUT2D eigenvalue weighted by Crippen LogP contribution is 2.18. The number of rotatable bonds is 2. The fraction of sp³-hybridized carbons (Fsp3) is 0.200. The van der Waals surface area contributed by atoms with E-state index < -0.39 is 0 Å². The molecule has 2 aromatic rings. The molecule has 4 nitrogen and oxygen atoms in total. The quantitative estimate of drug-likeness (QED) is 0.896. The lowest BCUT2D eigenvalue weighted by atomic mass is 10.1. The Labute approximate surface area is 111 Å². The topological polar surface area (TPSA) is 51.1 Å². The van der Waals surface area contributed by atoms with E-state index in [1.54, 1.807) is 19.3 Å². The molecule has 1 heterocycles. The summed E-state index contributed by atoms with van der Waals surface area (Å²) in [6.45, 7) is 3.92. The number of nitrogens with one attached hydrogen (secondary N) is 1. The smallest absolute Gasteiger partial charge is 0.263 e. The summed E-state index contributed by atoms with van der Waals surface area (Å²) in [6, 6.07) is 8.89. The average molecular weight is 256 g/mol. The van der Waals surface area contributed by atoms with Crippen molar-refractivity contribution in [3.05, 3.63) is 63.6 Å². The lowest BCUT2D eigenvalue weighted by Crippen LogP contribution is -2.27. The molecule has 4 heteroatoms. The third kappa shape index (κ3) is 2.57. The van der Waals surface area contributed by atoms with Gasteiger partial charge in [-0.15, -0.1) is 0 Å². The first-order valence-electron chi connectivity index (χ1n) is 6.04. The summed E-state index contributed by atoms with van der Waals surface area (Å²) < 4.78 is 1.39. The number of benzene rings is 1. The van der Waals surface area contributed by atoms with Gasteiger partial charge >= 0.3 is 0 Å². The minimum atomic E-state index is -0.380. The van der Waals surface area contributed by atoms with E-state index in [0.29, 0.717) is 0 Å². The summed E-state index contributed by atoms with van der Waals surface area (Å²) in [6.07, 6.45) is 1.62. The fourth-order valence-corrected chi connectivity index (χ4v) is 1.85. The first kappa shape index (κ1) is 13.1. The third-order valence-electron chi connectivity index (χ3n) is 3.22. The molecular weight excluding hydrogens is 240 g/mol. The summed E-state index contributed by atoms with van der Waals surface area (Å²) >= 11 is 0. The zero-order valence-electron chi connectivity index (χ0n) is 11.2. The number of carbonyl (C=O) groups is 1. The number of hydrogen-bond acceptors (Lipinski definition) is 2. The monoisotopic (exact) mass is 256 g/mol. The molecule has 0 saturated carbocycles. The molecule has 0 radical (unpaired) electrons. The fourth-order valence-electron chi connectivity index (χ4n) is 1.85. The van der Waals surface area contributed by atoms with Gasteiger partial charge in [-0.3, -0.25) is 9.59 Å². The molecule has 0 aliphatic rings. The van der Waals surface area contributed by atoms with Crippen LogP contribution in [-0.2, 0) is 7.05 Å². The van der Waals surface area contributed by atoms with Crippen molar-refractivity contribution in [1.29, 1.82) is 0 Å². The van der Waals surface area contributed by atoms with Crippen molar-refractivity contribution in [2.45, 2.75) is 13.8 Å². The van der Waals surface area contributed by atoms with Gasteiger partial charge in [-0.1, -0.05) is 12.1 Å². The molecular formula is C15H16N2O2. The van der Waals surface area contributed by atoms with Crippen LogP contribution in [0.2, 0.25) is 0 Å². The lowest BCUT2D eigenvalue weighted by molar-refractivity contribution is 0.102. The molecule has 0 bridgehead atoms. The number of amides is 1. The molecule has 0 atom stereocenters. The Hall–Kier alpha value is -2.36. The van der Waals surface area contributed by atoms with E-state index in [2.05, 4.69) is 5.32 Å². The van der Waals surface area contributed by atoms with Gasteiger partial charge < -0.3 is 9.88 Å². The second kappa shape index (κ2) is 5.10. The highest BCUT2D eigenvalue weighted by atomic mass is 16.2. The molecule has 1 N–H and O–H groups in total. The lowest BCUT2D eigenvalue weighted by Gasteiger charge is -2.10. The molecule has 1 aromatic heterocycles. The van der Waals surface area contributed by atoms with Crippen LogP contribution in [0.1, 0.15) is 21.5 Å². The summed E-state index contributed by atoms with van der Waals surface area (Å²) in [5.41, 5.74) is 2.68. The minimum Gasteiger partial charge on any atom is -0.322 e. The van der Waals surface area contributed by atoms with Crippen LogP contribution in [0.5, 0.6) is 0 Å². The highest BCUT2D eigenvalue weighted by molar-refractivity contribution is 6.04. The molecule has 0 fully saturated rings. The number of aromatic nitrogens is 1. The summed E-state index contributed by atoms with van der Waals surface area (Å²) in [4.78, 5) is 24.0. The molecule has 0 saturated heterocycles. The molecule has 0 aliphatic carbocycles. The van der Waals surface area contributed by atoms with Crippen LogP contribution in [0.3, 0.4) is 0 Å². The zero-order valence-corrected chi connectivity index (χ0v) is 11.2. The Balaban J connectivity index is 2.34. The van der Waals surface area contributed by atoms with E-state index in [4.69, 9.17) is 0 Å². The molecule has 19 heavy (non-hydrogen) atoms. The summed E-state index contributed by atoms with van der Waals surface area (Å²) in [5, 5.41) is 2.78. The molecule has 1 aromatic carbocycles. The number of pyridine rings is 1. The predicted octanol–water partition coefficient (Wildman–Crippen LogP) is 2.25. The van der Waals surface area contributed by atoms with Crippen molar-refractivity contribution in [2.75, 3.05) is 5.32 Å². The number of anilines is 1. The van der Waals surface area contributed by atoms with Crippen molar-refractivity contribution in [3.63, 3.8) is 0 Å². The van der Waals surface area contributed by atoms with Gasteiger partial charge in [0.15, 0.2) is 0 Å². The van der Waals surface area contributed by atoms with Crippen LogP contribution in [-0.4, -0.2) is 10.5 Å². The van der Waals surface area contributed by atoms with Crippen LogP contribution >= 0.6 is 0 Å². The maximum atomic E-state index is 12.1. The van der Waals surface area contributed by atoms with E-state index in [0.717, 1.165) is 16.8 Å². The molecule has 0 unspecified atom stereocenters. The van der Waals surface area contributed by atoms with Crippen molar-refractivity contribution < 1.29 is 4.79 Å². The molecule has 0 spiro atoms. The van der Waals surface area contributed by atoms with Gasteiger partial charge in [0.1, 0.15) is 5.56 Å². The van der Waals surface area contributed by atoms with Gasteiger partial charge in [0.05, 0.1) is 0 Å². The van der Waals surface area contributed by atoms with Crippen molar-refractivity contribution in [3.8, 4) is 0 Å². The highest BCUT2D eigenvalue weighted by Gasteiger charge is 2.12. The van der Waals surface area contributed by atoms with Crippen LogP contribution in [0.25, 0.3) is 0 Å². The number of aryl methyl sites for hydroxylation is 2. The molecule has 98 valence electrons. The SMILES string of the molecule is Cc1cccc(NC(=O)c2cccn(C)c2=O)c1C. The second-order valence-electron chi connectivity index (χ2n) is 4.54. The van der Waals surface area contributed by atoms with E-state index >= 15 is 0 Å². The predicted molar refractivity (Wildman–Crippen MR) is 75.6 cm³/mol. The van der Waals surface area contributed by atoms with E-state index in [-0.39, 0.29) is 17.0 Å². The van der Waals surface area contributed by atoms with Crippen molar-refractivity contribution in [1.82, 2.24) is 4.57 Å². The van der Waals surface area contributed by atoms with Gasteiger partial charge in [-0.05, 0) is 43.2 Å². The maximum absolute atomic E-state index is 12.1. The van der Waals surface area contributed by atoms with Gasteiger partial charge in [-0.2, -0.15) is 0 Å². The Bertz CT molecular complexity index is 687. The second-order valence-corrected chi connectivity index (χ2v) is 4.54. The Morgan fingerprint density at radius 3 is 2.63 bits per heavy atom. The van der Waals surface area contributed by atoms with Gasteiger partial charge in [0.2, 0.25) is 0 Å². The van der Waals surface area contributed by atoms with Crippen molar-refractivity contribution in [2.24, 2.45) is 7.05 Å². The van der Waals surface area contributed by atoms with Crippen LogP contribution in [0.15, 0.2) is 41.3 Å². The normalized spacial score (nSPS) is 10.3. The number of nitrogens with zero attached hydrogens (tertiary/aromatic N) is 1. The Morgan fingerprint density at radius 2 is 1.89 bits per heavy atom. The molecule has 1 amide bonds. The van der Waals surface area contributed by atoms with Crippen LogP contribution in [0, 0.1) is 13.8 Å². The molecule has 0 aliphatic heterocycles. The zero-order chi connectivity index (χ0) is 14.0. The average Bonchev–Trinajstić information content (AvgIpc) is 2.38. The van der Waals surface area contributed by atoms with Gasteiger partial charge in [0.25, 0.3) is 11.5 Å². The van der Waals surface area contributed by atoms with E-state index in [9.17, 15) is 9.59 Å². The summed E-state index contributed by atoms with van der Waals surface area (Å²) in [5.74, 6) is -0.380. The number of carbonyl (C=O) groups excluding carboxylic acids is 1. The third-order valence-corrected chi connectivity index (χ3v) is 3.22. The first-order valence-corrected chi connectivity index (χ1v) is 6.04. The Morgan fingerprint density at radius 1 is 1.16 bits per heavy atom. The summed E-state index contributed by atoms with van der Waals surface area (Å²) in [7, 11) is 1.62. The molecule has 2 rings (SSSR count). The van der Waals surface area contributed by atoms with Crippen molar-refractivity contribution >= 4 is 11.6 Å². The minimum absolute atomic E-state index is 0.144. The van der Waals surface area contributed by atoms with Crippen LogP contribution in [0.4, 0.5) is 5.69 Å². The first-order chi connectivity index (χ1) is 9.00. The van der Waals surface area contributed by atoms with E-state index in [1.165, 1.54) is 10.6 Å². The largest absolute Gasteiger partial charge is 0.322 e. The van der Waals surface area contributed by atoms with E-state index in [1.807, 2.05) is 32.0 Å².